The molecule has 0 aromatic carbocycles. The lowest BCUT2D eigenvalue weighted by Gasteiger charge is -2.22. The lowest BCUT2D eigenvalue weighted by Crippen LogP contribution is -2.31. The van der Waals surface area contributed by atoms with Crippen LogP contribution in [-0.2, 0) is 4.79 Å². The number of fused-ring (bicyclic) bond motifs is 1. The maximum Gasteiger partial charge on any atom is 0.222 e. The van der Waals surface area contributed by atoms with Crippen molar-refractivity contribution in [1.29, 1.82) is 0 Å². The van der Waals surface area contributed by atoms with Crippen molar-refractivity contribution in [3.63, 3.8) is 0 Å². The Morgan fingerprint density at radius 2 is 1.85 bits per heavy atom. The van der Waals surface area contributed by atoms with Gasteiger partial charge < -0.3 is 9.80 Å². The quantitative estimate of drug-likeness (QED) is 0.552. The van der Waals surface area contributed by atoms with Crippen LogP contribution < -0.4 is 0 Å². The van der Waals surface area contributed by atoms with Crippen molar-refractivity contribution in [2.75, 3.05) is 26.2 Å². The SMILES string of the molecule is [CH2-]N1C[C@@H]2CN(C(=O)CC)C[C@@H]2C1. The molecule has 3 nitrogen and oxygen atoms in total. The van der Waals surface area contributed by atoms with E-state index in [1.165, 1.54) is 0 Å². The third-order valence-corrected chi connectivity index (χ3v) is 3.22. The van der Waals surface area contributed by atoms with Gasteiger partial charge in [-0.1, -0.05) is 6.92 Å². The molecule has 74 valence electrons. The second-order valence-corrected chi connectivity index (χ2v) is 4.21. The topological polar surface area (TPSA) is 23.6 Å². The molecule has 13 heavy (non-hydrogen) atoms. The van der Waals surface area contributed by atoms with Crippen LogP contribution in [0.2, 0.25) is 0 Å². The summed E-state index contributed by atoms with van der Waals surface area (Å²) in [5, 5.41) is 0. The Morgan fingerprint density at radius 1 is 1.31 bits per heavy atom. The van der Waals surface area contributed by atoms with Crippen LogP contribution in [0, 0.1) is 18.9 Å². The lowest BCUT2D eigenvalue weighted by molar-refractivity contribution is -0.130. The first-order valence-electron chi connectivity index (χ1n) is 5.04. The van der Waals surface area contributed by atoms with E-state index < -0.39 is 0 Å². The molecule has 0 aliphatic carbocycles. The Bertz CT molecular complexity index is 203. The number of carbonyl (C=O) groups excluding carboxylic acids is 1. The van der Waals surface area contributed by atoms with Crippen molar-refractivity contribution in [3.05, 3.63) is 7.05 Å². The Kier molecular flexibility index (Phi) is 2.28. The first-order chi connectivity index (χ1) is 6.20. The Morgan fingerprint density at radius 3 is 2.31 bits per heavy atom. The van der Waals surface area contributed by atoms with Crippen LogP contribution in [0.3, 0.4) is 0 Å². The van der Waals surface area contributed by atoms with E-state index in [0.717, 1.165) is 26.2 Å². The Balaban J connectivity index is 1.93. The summed E-state index contributed by atoms with van der Waals surface area (Å²) in [5.74, 6) is 1.69. The van der Waals surface area contributed by atoms with Gasteiger partial charge >= 0.3 is 0 Å². The zero-order chi connectivity index (χ0) is 9.42. The van der Waals surface area contributed by atoms with Crippen LogP contribution in [-0.4, -0.2) is 41.9 Å². The lowest BCUT2D eigenvalue weighted by atomic mass is 10.0. The molecule has 0 unspecified atom stereocenters. The summed E-state index contributed by atoms with van der Waals surface area (Å²) >= 11 is 0. The van der Waals surface area contributed by atoms with Crippen LogP contribution in [0.4, 0.5) is 0 Å². The fourth-order valence-corrected chi connectivity index (χ4v) is 2.52. The number of likely N-dealkylation sites (tertiary alicyclic amines) is 2. The first kappa shape index (κ1) is 9.00. The van der Waals surface area contributed by atoms with E-state index in [4.69, 9.17) is 0 Å². The molecule has 0 spiro atoms. The highest BCUT2D eigenvalue weighted by Gasteiger charge is 2.37. The molecule has 2 aliphatic rings. The van der Waals surface area contributed by atoms with E-state index in [2.05, 4.69) is 11.9 Å². The maximum absolute atomic E-state index is 11.4. The number of hydrogen-bond donors (Lipinski definition) is 0. The molecule has 0 bridgehead atoms. The first-order valence-corrected chi connectivity index (χ1v) is 5.04. The number of hydrogen-bond acceptors (Lipinski definition) is 2. The molecular formula is C10H17N2O-. The second-order valence-electron chi connectivity index (χ2n) is 4.21. The van der Waals surface area contributed by atoms with E-state index in [0.29, 0.717) is 24.2 Å². The number of rotatable bonds is 1. The van der Waals surface area contributed by atoms with Gasteiger partial charge in [0.2, 0.25) is 5.91 Å². The molecule has 0 saturated carbocycles. The molecule has 0 aromatic heterocycles. The summed E-state index contributed by atoms with van der Waals surface area (Å²) in [6.07, 6.45) is 0.646. The molecule has 2 aliphatic heterocycles. The Hall–Kier alpha value is -0.570. The van der Waals surface area contributed by atoms with Gasteiger partial charge in [-0.3, -0.25) is 11.8 Å². The highest BCUT2D eigenvalue weighted by Crippen LogP contribution is 2.30. The van der Waals surface area contributed by atoms with E-state index in [1.54, 1.807) is 0 Å². The van der Waals surface area contributed by atoms with Crippen molar-refractivity contribution >= 4 is 5.91 Å². The number of nitrogens with zero attached hydrogens (tertiary/aromatic N) is 2. The van der Waals surface area contributed by atoms with Crippen molar-refractivity contribution in [2.24, 2.45) is 11.8 Å². The smallest absolute Gasteiger partial charge is 0.222 e. The second kappa shape index (κ2) is 3.29. The molecule has 3 heteroatoms. The minimum atomic E-state index is 0.310. The average Bonchev–Trinajstić information content (AvgIpc) is 2.59. The summed E-state index contributed by atoms with van der Waals surface area (Å²) in [6, 6.07) is 0. The van der Waals surface area contributed by atoms with Gasteiger partial charge in [0.05, 0.1) is 0 Å². The molecule has 2 heterocycles. The van der Waals surface area contributed by atoms with Crippen LogP contribution in [0.25, 0.3) is 0 Å². The molecule has 1 amide bonds. The minimum absolute atomic E-state index is 0.310. The van der Waals surface area contributed by atoms with Crippen molar-refractivity contribution in [1.82, 2.24) is 9.80 Å². The van der Waals surface area contributed by atoms with Gasteiger partial charge in [0.25, 0.3) is 0 Å². The van der Waals surface area contributed by atoms with Gasteiger partial charge in [-0.2, -0.15) is 0 Å². The zero-order valence-corrected chi connectivity index (χ0v) is 8.20. The van der Waals surface area contributed by atoms with E-state index in [-0.39, 0.29) is 0 Å². The fraction of sp³-hybridized carbons (Fsp3) is 0.800. The highest BCUT2D eigenvalue weighted by atomic mass is 16.2. The van der Waals surface area contributed by atoms with Gasteiger partial charge in [0.1, 0.15) is 0 Å². The van der Waals surface area contributed by atoms with Gasteiger partial charge in [-0.15, -0.1) is 0 Å². The van der Waals surface area contributed by atoms with Gasteiger partial charge in [0.15, 0.2) is 0 Å². The predicted molar refractivity (Wildman–Crippen MR) is 50.8 cm³/mol. The zero-order valence-electron chi connectivity index (χ0n) is 8.20. The van der Waals surface area contributed by atoms with Crippen LogP contribution in [0.15, 0.2) is 0 Å². The van der Waals surface area contributed by atoms with E-state index in [9.17, 15) is 4.79 Å². The standard InChI is InChI=1S/C10H17N2O/c1-3-10(13)12-6-8-4-11(2)5-9(8)7-12/h8-9H,2-7H2,1H3/q-1/t8-,9+. The van der Waals surface area contributed by atoms with Crippen molar-refractivity contribution in [3.8, 4) is 0 Å². The minimum Gasteiger partial charge on any atom is -0.459 e. The van der Waals surface area contributed by atoms with E-state index in [1.807, 2.05) is 11.8 Å². The van der Waals surface area contributed by atoms with Crippen LogP contribution in [0.1, 0.15) is 13.3 Å². The summed E-state index contributed by atoms with van der Waals surface area (Å²) in [5.41, 5.74) is 0. The van der Waals surface area contributed by atoms with Gasteiger partial charge in [-0.05, 0) is 24.9 Å². The molecule has 0 radical (unpaired) electrons. The largest absolute Gasteiger partial charge is 0.459 e. The Labute approximate surface area is 79.7 Å². The third kappa shape index (κ3) is 1.57. The summed E-state index contributed by atoms with van der Waals surface area (Å²) in [7, 11) is 3.94. The fourth-order valence-electron chi connectivity index (χ4n) is 2.52. The molecule has 2 atom stereocenters. The normalized spacial score (nSPS) is 33.8. The van der Waals surface area contributed by atoms with Crippen LogP contribution >= 0.6 is 0 Å². The third-order valence-electron chi connectivity index (χ3n) is 3.22. The molecule has 2 rings (SSSR count). The van der Waals surface area contributed by atoms with Gasteiger partial charge in [0, 0.05) is 19.5 Å². The van der Waals surface area contributed by atoms with E-state index >= 15 is 0 Å². The molecule has 0 aromatic rings. The predicted octanol–water partition coefficient (Wildman–Crippen LogP) is 0.578. The highest BCUT2D eigenvalue weighted by molar-refractivity contribution is 5.76. The number of carbonyl (C=O) groups is 1. The maximum atomic E-state index is 11.4. The summed E-state index contributed by atoms with van der Waals surface area (Å²) in [6.45, 7) is 5.99. The molecule has 2 saturated heterocycles. The van der Waals surface area contributed by atoms with Gasteiger partial charge in [-0.25, -0.2) is 0 Å². The summed E-state index contributed by atoms with van der Waals surface area (Å²) < 4.78 is 0. The average molecular weight is 181 g/mol. The molecular weight excluding hydrogens is 164 g/mol. The monoisotopic (exact) mass is 181 g/mol. The van der Waals surface area contributed by atoms with Crippen molar-refractivity contribution in [2.45, 2.75) is 13.3 Å². The van der Waals surface area contributed by atoms with Crippen molar-refractivity contribution < 1.29 is 4.79 Å². The molecule has 0 N–H and O–H groups in total. The molecule has 2 fully saturated rings. The number of amides is 1. The van der Waals surface area contributed by atoms with Crippen LogP contribution in [0.5, 0.6) is 0 Å². The summed E-state index contributed by atoms with van der Waals surface area (Å²) in [4.78, 5) is 15.6.